The van der Waals surface area contributed by atoms with E-state index in [0.717, 1.165) is 28.6 Å². The zero-order valence-electron chi connectivity index (χ0n) is 20.6. The quantitative estimate of drug-likeness (QED) is 0.423. The first-order valence-corrected chi connectivity index (χ1v) is 13.9. The predicted octanol–water partition coefficient (Wildman–Crippen LogP) is 4.89. The number of alkyl halides is 3. The number of hydrogen-bond acceptors (Lipinski definition) is 5. The number of fused-ring (bicyclic) bond motifs is 1. The van der Waals surface area contributed by atoms with Gasteiger partial charge in [0, 0.05) is 19.4 Å². The molecule has 1 aromatic heterocycles. The summed E-state index contributed by atoms with van der Waals surface area (Å²) in [5, 5.41) is 2.30. The van der Waals surface area contributed by atoms with Crippen LogP contribution in [0.5, 0.6) is 0 Å². The molecule has 0 aliphatic carbocycles. The third kappa shape index (κ3) is 5.22. The maximum absolute atomic E-state index is 14.3. The lowest BCUT2D eigenvalue weighted by atomic mass is 10.0. The average Bonchev–Trinajstić information content (AvgIpc) is 3.33. The second kappa shape index (κ2) is 10.4. The summed E-state index contributed by atoms with van der Waals surface area (Å²) in [6, 6.07) is 7.74. The Morgan fingerprint density at radius 2 is 1.88 bits per heavy atom. The van der Waals surface area contributed by atoms with Gasteiger partial charge in [-0.15, -0.1) is 0 Å². The minimum Gasteiger partial charge on any atom is -0.337 e. The second-order valence-electron chi connectivity index (χ2n) is 9.35. The number of anilines is 2. The lowest BCUT2D eigenvalue weighted by Gasteiger charge is -2.38. The molecule has 14 heteroatoms. The molecule has 0 bridgehead atoms. The highest BCUT2D eigenvalue weighted by Crippen LogP contribution is 2.37. The van der Waals surface area contributed by atoms with Crippen molar-refractivity contribution >= 4 is 44.8 Å². The number of nitrogens with zero attached hydrogens (tertiary/aromatic N) is 3. The normalized spacial score (nSPS) is 17.6. The molecule has 3 aromatic rings. The molecule has 2 aromatic carbocycles. The summed E-state index contributed by atoms with van der Waals surface area (Å²) in [5.41, 5.74) is -1.30. The molecule has 0 radical (unpaired) electrons. The molecule has 1 N–H and O–H groups in total. The van der Waals surface area contributed by atoms with Crippen LogP contribution in [-0.4, -0.2) is 49.2 Å². The van der Waals surface area contributed by atoms with Crippen molar-refractivity contribution in [3.8, 4) is 0 Å². The number of amides is 2. The van der Waals surface area contributed by atoms with E-state index in [0.29, 0.717) is 25.5 Å². The monoisotopic (exact) mass is 596 g/mol. The van der Waals surface area contributed by atoms with Gasteiger partial charge in [0.1, 0.15) is 5.82 Å². The number of likely N-dealkylation sites (tertiary alicyclic amines) is 1. The first-order valence-electron chi connectivity index (χ1n) is 12.1. The fourth-order valence-electron chi connectivity index (χ4n) is 4.86. The molecule has 2 aliphatic heterocycles. The standard InChI is InChI=1S/C26H21ClF4N4O4S/c27-19-6-2-7-20(28)24(19)25(37)33-16-11-22-21(32-13-16)12-17(34-9-3-8-23(34)36)14-35(22)40(38,39)18-5-1-4-15(10-18)26(29,30)31/h1-2,4-7,10-11,13,17H,3,8-9,12,14H2,(H,33,37). The fraction of sp³-hybridized carbons (Fsp3) is 0.269. The van der Waals surface area contributed by atoms with E-state index in [9.17, 15) is 35.6 Å². The number of benzene rings is 2. The van der Waals surface area contributed by atoms with Crippen molar-refractivity contribution in [1.82, 2.24) is 9.88 Å². The lowest BCUT2D eigenvalue weighted by Crippen LogP contribution is -2.51. The van der Waals surface area contributed by atoms with E-state index in [4.69, 9.17) is 11.6 Å². The van der Waals surface area contributed by atoms with Gasteiger partial charge in [-0.1, -0.05) is 23.7 Å². The molecular weight excluding hydrogens is 576 g/mol. The molecule has 0 saturated carbocycles. The third-order valence-electron chi connectivity index (χ3n) is 6.77. The highest BCUT2D eigenvalue weighted by Gasteiger charge is 2.40. The SMILES string of the molecule is O=C(Nc1cnc2c(c1)N(S(=O)(=O)c1cccc(C(F)(F)F)c1)CC(N1CCCC1=O)C2)c1c(F)cccc1Cl. The highest BCUT2D eigenvalue weighted by molar-refractivity contribution is 7.92. The Kier molecular flexibility index (Phi) is 7.21. The van der Waals surface area contributed by atoms with E-state index in [1.807, 2.05) is 0 Å². The molecule has 0 spiro atoms. The molecule has 210 valence electrons. The van der Waals surface area contributed by atoms with Crippen LogP contribution < -0.4 is 9.62 Å². The molecule has 1 unspecified atom stereocenters. The fourth-order valence-corrected chi connectivity index (χ4v) is 6.68. The van der Waals surface area contributed by atoms with Crippen LogP contribution in [0.4, 0.5) is 28.9 Å². The summed E-state index contributed by atoms with van der Waals surface area (Å²) in [5.74, 6) is -1.94. The largest absolute Gasteiger partial charge is 0.416 e. The van der Waals surface area contributed by atoms with Gasteiger partial charge in [0.05, 0.1) is 56.9 Å². The van der Waals surface area contributed by atoms with Crippen LogP contribution in [0.3, 0.4) is 0 Å². The van der Waals surface area contributed by atoms with Crippen LogP contribution in [-0.2, 0) is 27.4 Å². The second-order valence-corrected chi connectivity index (χ2v) is 11.6. The molecule has 5 rings (SSSR count). The summed E-state index contributed by atoms with van der Waals surface area (Å²) >= 11 is 5.98. The minimum absolute atomic E-state index is 0.00279. The van der Waals surface area contributed by atoms with Gasteiger partial charge in [0.2, 0.25) is 5.91 Å². The summed E-state index contributed by atoms with van der Waals surface area (Å²) in [4.78, 5) is 30.5. The Bertz CT molecular complexity index is 1600. The number of hydrogen-bond donors (Lipinski definition) is 1. The summed E-state index contributed by atoms with van der Waals surface area (Å²) in [6.45, 7) is 0.170. The number of sulfonamides is 1. The Morgan fingerprint density at radius 1 is 1.12 bits per heavy atom. The van der Waals surface area contributed by atoms with Crippen LogP contribution in [0.25, 0.3) is 0 Å². The predicted molar refractivity (Wildman–Crippen MR) is 138 cm³/mol. The van der Waals surface area contributed by atoms with E-state index >= 15 is 0 Å². The molecule has 1 fully saturated rings. The van der Waals surface area contributed by atoms with Crippen LogP contribution in [0.15, 0.2) is 59.6 Å². The van der Waals surface area contributed by atoms with Crippen molar-refractivity contribution in [3.05, 3.63) is 82.4 Å². The molecular formula is C26H21ClF4N4O4S. The van der Waals surface area contributed by atoms with Gasteiger partial charge in [-0.05, 0) is 42.8 Å². The number of rotatable bonds is 5. The third-order valence-corrected chi connectivity index (χ3v) is 8.86. The van der Waals surface area contributed by atoms with Gasteiger partial charge in [-0.25, -0.2) is 12.8 Å². The van der Waals surface area contributed by atoms with E-state index in [1.165, 1.54) is 24.4 Å². The number of carbonyl (C=O) groups is 2. The van der Waals surface area contributed by atoms with Crippen molar-refractivity contribution in [2.24, 2.45) is 0 Å². The van der Waals surface area contributed by atoms with Gasteiger partial charge in [0.25, 0.3) is 15.9 Å². The van der Waals surface area contributed by atoms with E-state index in [2.05, 4.69) is 10.3 Å². The van der Waals surface area contributed by atoms with Crippen LogP contribution >= 0.6 is 11.6 Å². The van der Waals surface area contributed by atoms with E-state index < -0.39 is 50.0 Å². The van der Waals surface area contributed by atoms with Gasteiger partial charge >= 0.3 is 6.18 Å². The van der Waals surface area contributed by atoms with Crippen LogP contribution in [0.1, 0.15) is 34.5 Å². The molecule has 40 heavy (non-hydrogen) atoms. The number of carbonyl (C=O) groups excluding carboxylic acids is 2. The van der Waals surface area contributed by atoms with Gasteiger partial charge in [-0.2, -0.15) is 13.2 Å². The summed E-state index contributed by atoms with van der Waals surface area (Å²) in [7, 11) is -4.59. The molecule has 1 saturated heterocycles. The topological polar surface area (TPSA) is 99.7 Å². The highest BCUT2D eigenvalue weighted by atomic mass is 35.5. The number of halogens is 5. The van der Waals surface area contributed by atoms with E-state index in [-0.39, 0.29) is 41.0 Å². The number of nitrogens with one attached hydrogen (secondary N) is 1. The minimum atomic E-state index is -4.77. The smallest absolute Gasteiger partial charge is 0.337 e. The van der Waals surface area contributed by atoms with Gasteiger partial charge < -0.3 is 10.2 Å². The zero-order chi connectivity index (χ0) is 28.8. The van der Waals surface area contributed by atoms with Crippen molar-refractivity contribution < 1.29 is 35.6 Å². The Balaban J connectivity index is 1.56. The first-order chi connectivity index (χ1) is 18.9. The molecule has 2 aliphatic rings. The zero-order valence-corrected chi connectivity index (χ0v) is 22.2. The molecule has 8 nitrogen and oxygen atoms in total. The molecule has 2 amide bonds. The maximum Gasteiger partial charge on any atom is 0.416 e. The van der Waals surface area contributed by atoms with Crippen LogP contribution in [0, 0.1) is 5.82 Å². The maximum atomic E-state index is 14.3. The number of pyridine rings is 1. The van der Waals surface area contributed by atoms with Crippen molar-refractivity contribution in [2.45, 2.75) is 36.4 Å². The Labute approximate surface area is 231 Å². The Morgan fingerprint density at radius 3 is 2.55 bits per heavy atom. The first kappa shape index (κ1) is 27.8. The summed E-state index contributed by atoms with van der Waals surface area (Å²) in [6.07, 6.45) is -2.44. The van der Waals surface area contributed by atoms with Crippen LogP contribution in [0.2, 0.25) is 5.02 Å². The van der Waals surface area contributed by atoms with Crippen molar-refractivity contribution in [2.75, 3.05) is 22.7 Å². The average molecular weight is 597 g/mol. The van der Waals surface area contributed by atoms with Crippen molar-refractivity contribution in [1.29, 1.82) is 0 Å². The molecule has 3 heterocycles. The summed E-state index contributed by atoms with van der Waals surface area (Å²) < 4.78 is 82.9. The van der Waals surface area contributed by atoms with Gasteiger partial charge in [-0.3, -0.25) is 18.9 Å². The van der Waals surface area contributed by atoms with Crippen molar-refractivity contribution in [3.63, 3.8) is 0 Å². The van der Waals surface area contributed by atoms with Gasteiger partial charge in [0.15, 0.2) is 0 Å². The lowest BCUT2D eigenvalue weighted by molar-refractivity contribution is -0.137. The van der Waals surface area contributed by atoms with E-state index in [1.54, 1.807) is 4.90 Å². The Hall–Kier alpha value is -3.71. The molecule has 1 atom stereocenters. The number of aromatic nitrogens is 1.